The summed E-state index contributed by atoms with van der Waals surface area (Å²) in [7, 11) is 0. The van der Waals surface area contributed by atoms with Crippen molar-refractivity contribution in [3.05, 3.63) is 0 Å². The molecule has 1 rings (SSSR count). The molecule has 4 nitrogen and oxygen atoms in total. The first-order valence-corrected chi connectivity index (χ1v) is 5.47. The molecular weight excluding hydrogens is 178 g/mol. The Morgan fingerprint density at radius 2 is 2.36 bits per heavy atom. The molecule has 4 heteroatoms. The monoisotopic (exact) mass is 199 g/mol. The summed E-state index contributed by atoms with van der Waals surface area (Å²) in [6, 6.07) is 0.685. The molecule has 1 aliphatic rings. The van der Waals surface area contributed by atoms with E-state index in [1.807, 2.05) is 0 Å². The molecule has 1 fully saturated rings. The van der Waals surface area contributed by atoms with E-state index in [9.17, 15) is 4.79 Å². The van der Waals surface area contributed by atoms with Gasteiger partial charge < -0.3 is 4.90 Å². The van der Waals surface area contributed by atoms with E-state index in [4.69, 9.17) is 5.84 Å². The summed E-state index contributed by atoms with van der Waals surface area (Å²) in [4.78, 5) is 13.3. The van der Waals surface area contributed by atoms with Crippen LogP contribution in [0, 0.1) is 0 Å². The third-order valence-electron chi connectivity index (χ3n) is 2.95. The number of hydrogen-bond acceptors (Lipinski definition) is 3. The molecule has 1 aliphatic heterocycles. The SMILES string of the molecule is C[C@H]1CCCCN1CCCC(=O)NN. The van der Waals surface area contributed by atoms with Gasteiger partial charge in [-0.1, -0.05) is 6.42 Å². The first-order chi connectivity index (χ1) is 6.74. The second-order valence-electron chi connectivity index (χ2n) is 4.05. The topological polar surface area (TPSA) is 58.4 Å². The van der Waals surface area contributed by atoms with Gasteiger partial charge in [0.2, 0.25) is 5.91 Å². The number of carbonyl (C=O) groups excluding carboxylic acids is 1. The molecule has 3 N–H and O–H groups in total. The van der Waals surface area contributed by atoms with Gasteiger partial charge in [0.25, 0.3) is 0 Å². The second-order valence-corrected chi connectivity index (χ2v) is 4.05. The first kappa shape index (κ1) is 11.5. The highest BCUT2D eigenvalue weighted by Crippen LogP contribution is 2.16. The van der Waals surface area contributed by atoms with E-state index in [1.165, 1.54) is 25.8 Å². The van der Waals surface area contributed by atoms with Crippen LogP contribution in [0.3, 0.4) is 0 Å². The van der Waals surface area contributed by atoms with Gasteiger partial charge in [0.15, 0.2) is 0 Å². The van der Waals surface area contributed by atoms with Crippen LogP contribution < -0.4 is 11.3 Å². The second kappa shape index (κ2) is 5.98. The Morgan fingerprint density at radius 1 is 1.57 bits per heavy atom. The maximum Gasteiger partial charge on any atom is 0.233 e. The molecule has 0 unspecified atom stereocenters. The van der Waals surface area contributed by atoms with Crippen molar-refractivity contribution in [3.8, 4) is 0 Å². The summed E-state index contributed by atoms with van der Waals surface area (Å²) in [6.07, 6.45) is 5.39. The normalized spacial score (nSPS) is 23.4. The number of amides is 1. The van der Waals surface area contributed by atoms with Crippen molar-refractivity contribution in [1.29, 1.82) is 0 Å². The highest BCUT2D eigenvalue weighted by molar-refractivity contribution is 5.75. The van der Waals surface area contributed by atoms with Gasteiger partial charge in [-0.15, -0.1) is 0 Å². The lowest BCUT2D eigenvalue weighted by molar-refractivity contribution is -0.121. The third-order valence-corrected chi connectivity index (χ3v) is 2.95. The zero-order chi connectivity index (χ0) is 10.4. The lowest BCUT2D eigenvalue weighted by Gasteiger charge is -2.33. The molecular formula is C10H21N3O. The number of hydrogen-bond donors (Lipinski definition) is 2. The Bertz CT molecular complexity index is 184. The van der Waals surface area contributed by atoms with Gasteiger partial charge in [-0.2, -0.15) is 0 Å². The Hall–Kier alpha value is -0.610. The third kappa shape index (κ3) is 3.64. The molecule has 0 aromatic carbocycles. The average molecular weight is 199 g/mol. The zero-order valence-electron chi connectivity index (χ0n) is 8.96. The minimum Gasteiger partial charge on any atom is -0.301 e. The summed E-state index contributed by atoms with van der Waals surface area (Å²) in [5.74, 6) is 4.94. The molecule has 0 saturated carbocycles. The van der Waals surface area contributed by atoms with Crippen LogP contribution in [-0.4, -0.2) is 29.9 Å². The van der Waals surface area contributed by atoms with E-state index in [1.54, 1.807) is 0 Å². The van der Waals surface area contributed by atoms with E-state index >= 15 is 0 Å². The molecule has 0 bridgehead atoms. The molecule has 82 valence electrons. The largest absolute Gasteiger partial charge is 0.301 e. The number of piperidine rings is 1. The first-order valence-electron chi connectivity index (χ1n) is 5.47. The lowest BCUT2D eigenvalue weighted by atomic mass is 10.0. The van der Waals surface area contributed by atoms with Crippen LogP contribution in [0.4, 0.5) is 0 Å². The van der Waals surface area contributed by atoms with Gasteiger partial charge in [-0.3, -0.25) is 10.2 Å². The number of nitrogens with one attached hydrogen (secondary N) is 1. The quantitative estimate of drug-likeness (QED) is 0.397. The van der Waals surface area contributed by atoms with Crippen molar-refractivity contribution in [2.24, 2.45) is 5.84 Å². The van der Waals surface area contributed by atoms with E-state index in [2.05, 4.69) is 17.2 Å². The smallest absolute Gasteiger partial charge is 0.233 e. The van der Waals surface area contributed by atoms with Crippen LogP contribution in [0.2, 0.25) is 0 Å². The fourth-order valence-electron chi connectivity index (χ4n) is 2.00. The van der Waals surface area contributed by atoms with Crippen LogP contribution in [0.25, 0.3) is 0 Å². The van der Waals surface area contributed by atoms with E-state index in [-0.39, 0.29) is 5.91 Å². The molecule has 14 heavy (non-hydrogen) atoms. The highest BCUT2D eigenvalue weighted by Gasteiger charge is 2.17. The lowest BCUT2D eigenvalue weighted by Crippen LogP contribution is -2.38. The van der Waals surface area contributed by atoms with Crippen molar-refractivity contribution in [3.63, 3.8) is 0 Å². The molecule has 1 atom stereocenters. The Labute approximate surface area is 85.8 Å². The van der Waals surface area contributed by atoms with Crippen LogP contribution >= 0.6 is 0 Å². The standard InChI is InChI=1S/C10H21N3O/c1-9-5-2-3-7-13(9)8-4-6-10(14)12-11/h9H,2-8,11H2,1H3,(H,12,14)/t9-/m0/s1. The van der Waals surface area contributed by atoms with Crippen LogP contribution in [0.15, 0.2) is 0 Å². The molecule has 0 aromatic heterocycles. The summed E-state index contributed by atoms with van der Waals surface area (Å²) >= 11 is 0. The molecule has 1 heterocycles. The summed E-state index contributed by atoms with van der Waals surface area (Å²) in [6.45, 7) is 4.47. The predicted octanol–water partition coefficient (Wildman–Crippen LogP) is 0.631. The van der Waals surface area contributed by atoms with Crippen molar-refractivity contribution < 1.29 is 4.79 Å². The predicted molar refractivity (Wildman–Crippen MR) is 56.5 cm³/mol. The minimum absolute atomic E-state index is 0.0605. The molecule has 1 saturated heterocycles. The number of nitrogens with two attached hydrogens (primary N) is 1. The van der Waals surface area contributed by atoms with Crippen molar-refractivity contribution in [2.75, 3.05) is 13.1 Å². The minimum atomic E-state index is -0.0605. The maximum atomic E-state index is 10.9. The molecule has 0 aliphatic carbocycles. The number of hydrazine groups is 1. The van der Waals surface area contributed by atoms with Gasteiger partial charge in [-0.05, 0) is 39.3 Å². The maximum absolute atomic E-state index is 10.9. The highest BCUT2D eigenvalue weighted by atomic mass is 16.2. The fraction of sp³-hybridized carbons (Fsp3) is 0.900. The van der Waals surface area contributed by atoms with E-state index < -0.39 is 0 Å². The zero-order valence-corrected chi connectivity index (χ0v) is 8.96. The van der Waals surface area contributed by atoms with Gasteiger partial charge in [0, 0.05) is 12.5 Å². The van der Waals surface area contributed by atoms with E-state index in [0.29, 0.717) is 12.5 Å². The molecule has 0 spiro atoms. The Morgan fingerprint density at radius 3 is 3.00 bits per heavy atom. The van der Waals surface area contributed by atoms with E-state index in [0.717, 1.165) is 13.0 Å². The number of likely N-dealkylation sites (tertiary alicyclic amines) is 1. The Kier molecular flexibility index (Phi) is 4.90. The van der Waals surface area contributed by atoms with Crippen LogP contribution in [-0.2, 0) is 4.79 Å². The van der Waals surface area contributed by atoms with Crippen molar-refractivity contribution >= 4 is 5.91 Å². The molecule has 0 aromatic rings. The average Bonchev–Trinajstić information content (AvgIpc) is 2.20. The van der Waals surface area contributed by atoms with Gasteiger partial charge >= 0.3 is 0 Å². The van der Waals surface area contributed by atoms with Gasteiger partial charge in [0.05, 0.1) is 0 Å². The van der Waals surface area contributed by atoms with Gasteiger partial charge in [-0.25, -0.2) is 5.84 Å². The van der Waals surface area contributed by atoms with Crippen molar-refractivity contribution in [1.82, 2.24) is 10.3 Å². The Balaban J connectivity index is 2.13. The number of nitrogens with zero attached hydrogens (tertiary/aromatic N) is 1. The number of carbonyl (C=O) groups is 1. The van der Waals surface area contributed by atoms with Gasteiger partial charge in [0.1, 0.15) is 0 Å². The molecule has 1 amide bonds. The van der Waals surface area contributed by atoms with Crippen molar-refractivity contribution in [2.45, 2.75) is 45.1 Å². The molecule has 0 radical (unpaired) electrons. The van der Waals surface area contributed by atoms with Crippen LogP contribution in [0.1, 0.15) is 39.0 Å². The summed E-state index contributed by atoms with van der Waals surface area (Å²) < 4.78 is 0. The number of rotatable bonds is 4. The summed E-state index contributed by atoms with van der Waals surface area (Å²) in [5.41, 5.74) is 2.16. The van der Waals surface area contributed by atoms with Crippen LogP contribution in [0.5, 0.6) is 0 Å². The summed E-state index contributed by atoms with van der Waals surface area (Å²) in [5, 5.41) is 0. The fourth-order valence-corrected chi connectivity index (χ4v) is 2.00.